The van der Waals surface area contributed by atoms with Gasteiger partial charge in [-0.15, -0.1) is 0 Å². The highest BCUT2D eigenvalue weighted by Crippen LogP contribution is 2.20. The van der Waals surface area contributed by atoms with Gasteiger partial charge in [-0.1, -0.05) is 26.0 Å². The number of hydrogen-bond acceptors (Lipinski definition) is 3. The third-order valence-corrected chi connectivity index (χ3v) is 3.53. The standard InChI is InChI=1S/C16H28N2O/c1-16(2,13-17)9-6-10-18(3)12-14-7-5-8-15(11-14)19-4/h5,7-8,11H,6,9-10,12-13,17H2,1-4H3. The highest BCUT2D eigenvalue weighted by atomic mass is 16.5. The number of hydrogen-bond donors (Lipinski definition) is 1. The molecule has 0 aliphatic heterocycles. The van der Waals surface area contributed by atoms with Gasteiger partial charge in [0.2, 0.25) is 0 Å². The maximum Gasteiger partial charge on any atom is 0.119 e. The minimum absolute atomic E-state index is 0.261. The van der Waals surface area contributed by atoms with E-state index in [9.17, 15) is 0 Å². The molecule has 2 N–H and O–H groups in total. The van der Waals surface area contributed by atoms with Crippen molar-refractivity contribution in [3.63, 3.8) is 0 Å². The number of rotatable bonds is 8. The molecule has 0 saturated heterocycles. The van der Waals surface area contributed by atoms with Crippen LogP contribution in [0.2, 0.25) is 0 Å². The van der Waals surface area contributed by atoms with E-state index in [1.165, 1.54) is 18.4 Å². The topological polar surface area (TPSA) is 38.5 Å². The predicted molar refractivity (Wildman–Crippen MR) is 81.4 cm³/mol. The Kier molecular flexibility index (Phi) is 6.32. The van der Waals surface area contributed by atoms with Crippen LogP contribution in [-0.4, -0.2) is 32.1 Å². The van der Waals surface area contributed by atoms with Crippen molar-refractivity contribution in [2.24, 2.45) is 11.1 Å². The van der Waals surface area contributed by atoms with Crippen LogP contribution >= 0.6 is 0 Å². The van der Waals surface area contributed by atoms with E-state index >= 15 is 0 Å². The summed E-state index contributed by atoms with van der Waals surface area (Å²) in [5, 5.41) is 0. The third kappa shape index (κ3) is 6.08. The number of ether oxygens (including phenoxy) is 1. The molecule has 0 heterocycles. The Morgan fingerprint density at radius 2 is 2.05 bits per heavy atom. The van der Waals surface area contributed by atoms with E-state index in [2.05, 4.69) is 37.9 Å². The van der Waals surface area contributed by atoms with Crippen molar-refractivity contribution in [2.45, 2.75) is 33.2 Å². The molecule has 0 saturated carbocycles. The van der Waals surface area contributed by atoms with Gasteiger partial charge in [-0.2, -0.15) is 0 Å². The average molecular weight is 264 g/mol. The number of methoxy groups -OCH3 is 1. The van der Waals surface area contributed by atoms with Gasteiger partial charge in [0.05, 0.1) is 7.11 Å². The summed E-state index contributed by atoms with van der Waals surface area (Å²) in [6.07, 6.45) is 2.36. The second-order valence-electron chi connectivity index (χ2n) is 6.06. The fraction of sp³-hybridized carbons (Fsp3) is 0.625. The third-order valence-electron chi connectivity index (χ3n) is 3.53. The van der Waals surface area contributed by atoms with Crippen molar-refractivity contribution < 1.29 is 4.74 Å². The summed E-state index contributed by atoms with van der Waals surface area (Å²) < 4.78 is 5.24. The van der Waals surface area contributed by atoms with E-state index in [0.717, 1.165) is 25.4 Å². The van der Waals surface area contributed by atoms with Gasteiger partial charge in [-0.3, -0.25) is 0 Å². The molecule has 0 fully saturated rings. The lowest BCUT2D eigenvalue weighted by Gasteiger charge is -2.24. The lowest BCUT2D eigenvalue weighted by Crippen LogP contribution is -2.26. The van der Waals surface area contributed by atoms with Gasteiger partial charge in [-0.25, -0.2) is 0 Å². The van der Waals surface area contributed by atoms with Gasteiger partial charge in [0.25, 0.3) is 0 Å². The van der Waals surface area contributed by atoms with Gasteiger partial charge >= 0.3 is 0 Å². The Morgan fingerprint density at radius 1 is 1.32 bits per heavy atom. The molecule has 0 aliphatic carbocycles. The summed E-state index contributed by atoms with van der Waals surface area (Å²) in [6, 6.07) is 8.26. The monoisotopic (exact) mass is 264 g/mol. The van der Waals surface area contributed by atoms with Crippen LogP contribution in [0.4, 0.5) is 0 Å². The molecule has 0 radical (unpaired) electrons. The zero-order valence-electron chi connectivity index (χ0n) is 12.8. The second-order valence-corrected chi connectivity index (χ2v) is 6.06. The van der Waals surface area contributed by atoms with Crippen molar-refractivity contribution >= 4 is 0 Å². The highest BCUT2D eigenvalue weighted by molar-refractivity contribution is 5.28. The van der Waals surface area contributed by atoms with Gasteiger partial charge in [0, 0.05) is 6.54 Å². The molecule has 0 amide bonds. The summed E-state index contributed by atoms with van der Waals surface area (Å²) in [6.45, 7) is 7.28. The predicted octanol–water partition coefficient (Wildman–Crippen LogP) is 2.89. The van der Waals surface area contributed by atoms with Crippen LogP contribution < -0.4 is 10.5 Å². The first-order valence-electron chi connectivity index (χ1n) is 6.98. The van der Waals surface area contributed by atoms with Gasteiger partial charge in [0.1, 0.15) is 5.75 Å². The minimum atomic E-state index is 0.261. The van der Waals surface area contributed by atoms with Crippen LogP contribution in [0, 0.1) is 5.41 Å². The molecule has 0 atom stereocenters. The van der Waals surface area contributed by atoms with E-state index in [0.29, 0.717) is 0 Å². The highest BCUT2D eigenvalue weighted by Gasteiger charge is 2.15. The van der Waals surface area contributed by atoms with Crippen molar-refractivity contribution in [1.82, 2.24) is 4.90 Å². The van der Waals surface area contributed by atoms with Gasteiger partial charge in [-0.05, 0) is 56.1 Å². The summed E-state index contributed by atoms with van der Waals surface area (Å²) in [5.74, 6) is 0.926. The Morgan fingerprint density at radius 3 is 2.68 bits per heavy atom. The first-order chi connectivity index (χ1) is 8.96. The maximum atomic E-state index is 5.75. The Labute approximate surface area is 117 Å². The lowest BCUT2D eigenvalue weighted by atomic mass is 9.88. The molecule has 19 heavy (non-hydrogen) atoms. The normalized spacial score (nSPS) is 11.9. The maximum absolute atomic E-state index is 5.75. The smallest absolute Gasteiger partial charge is 0.119 e. The van der Waals surface area contributed by atoms with E-state index in [4.69, 9.17) is 10.5 Å². The zero-order chi connectivity index (χ0) is 14.3. The van der Waals surface area contributed by atoms with Crippen molar-refractivity contribution in [3.05, 3.63) is 29.8 Å². The van der Waals surface area contributed by atoms with Crippen molar-refractivity contribution in [1.29, 1.82) is 0 Å². The zero-order valence-corrected chi connectivity index (χ0v) is 12.8. The summed E-state index contributed by atoms with van der Waals surface area (Å²) in [7, 11) is 3.87. The first-order valence-corrected chi connectivity index (χ1v) is 6.98. The van der Waals surface area contributed by atoms with Crippen molar-refractivity contribution in [3.8, 4) is 5.75 Å². The number of nitrogens with two attached hydrogens (primary N) is 1. The lowest BCUT2D eigenvalue weighted by molar-refractivity contribution is 0.273. The Balaban J connectivity index is 2.36. The molecule has 0 unspecified atom stereocenters. The first kappa shape index (κ1) is 16.0. The van der Waals surface area contributed by atoms with Crippen LogP contribution in [0.15, 0.2) is 24.3 Å². The second kappa shape index (κ2) is 7.51. The van der Waals surface area contributed by atoms with Crippen molar-refractivity contribution in [2.75, 3.05) is 27.2 Å². The quantitative estimate of drug-likeness (QED) is 0.784. The molecule has 0 aliphatic rings. The molecule has 0 aromatic heterocycles. The summed E-state index contributed by atoms with van der Waals surface area (Å²) >= 11 is 0. The fourth-order valence-electron chi connectivity index (χ4n) is 2.09. The molecule has 0 bridgehead atoms. The molecule has 1 rings (SSSR count). The fourth-order valence-corrected chi connectivity index (χ4v) is 2.09. The molecule has 3 heteroatoms. The minimum Gasteiger partial charge on any atom is -0.497 e. The average Bonchev–Trinajstić information content (AvgIpc) is 2.38. The molecule has 1 aromatic carbocycles. The van der Waals surface area contributed by atoms with Crippen LogP contribution in [0.1, 0.15) is 32.3 Å². The number of nitrogens with zero attached hydrogens (tertiary/aromatic N) is 1. The van der Waals surface area contributed by atoms with Crippen LogP contribution in [0.5, 0.6) is 5.75 Å². The van der Waals surface area contributed by atoms with E-state index in [1.54, 1.807) is 7.11 Å². The molecule has 3 nitrogen and oxygen atoms in total. The molecule has 1 aromatic rings. The Hall–Kier alpha value is -1.06. The number of benzene rings is 1. The van der Waals surface area contributed by atoms with E-state index in [1.807, 2.05) is 12.1 Å². The molecular weight excluding hydrogens is 236 g/mol. The van der Waals surface area contributed by atoms with Gasteiger partial charge < -0.3 is 15.4 Å². The summed E-state index contributed by atoms with van der Waals surface area (Å²) in [4.78, 5) is 2.35. The molecule has 0 spiro atoms. The molecular formula is C16H28N2O. The SMILES string of the molecule is COc1cccc(CN(C)CCCC(C)(C)CN)c1. The Bertz CT molecular complexity index is 377. The summed E-state index contributed by atoms with van der Waals surface area (Å²) in [5.41, 5.74) is 7.30. The van der Waals surface area contributed by atoms with E-state index < -0.39 is 0 Å². The van der Waals surface area contributed by atoms with E-state index in [-0.39, 0.29) is 5.41 Å². The molecule has 108 valence electrons. The largest absolute Gasteiger partial charge is 0.497 e. The van der Waals surface area contributed by atoms with Crippen LogP contribution in [0.3, 0.4) is 0 Å². The van der Waals surface area contributed by atoms with Crippen LogP contribution in [0.25, 0.3) is 0 Å². The van der Waals surface area contributed by atoms with Crippen LogP contribution in [-0.2, 0) is 6.54 Å². The van der Waals surface area contributed by atoms with Gasteiger partial charge in [0.15, 0.2) is 0 Å².